The number of hydrogen-bond donors (Lipinski definition) is 2. The maximum absolute atomic E-state index is 12.1. The van der Waals surface area contributed by atoms with Gasteiger partial charge in [-0.05, 0) is 23.8 Å². The summed E-state index contributed by atoms with van der Waals surface area (Å²) in [5.41, 5.74) is 6.75. The first-order chi connectivity index (χ1) is 9.53. The summed E-state index contributed by atoms with van der Waals surface area (Å²) in [4.78, 5) is 7.79. The van der Waals surface area contributed by atoms with Crippen molar-refractivity contribution in [3.63, 3.8) is 0 Å². The zero-order valence-corrected chi connectivity index (χ0v) is 12.0. The standard InChI is InChI=1S/C12H13ClN4O2S/c13-12-5-11(2-1-9(12)6-14)20(18,19)17-7-10-3-4-15-8-16-10/h1-5,8,17H,6-7,14H2. The second-order valence-corrected chi connectivity index (χ2v) is 6.16. The first kappa shape index (κ1) is 14.9. The predicted molar refractivity (Wildman–Crippen MR) is 75.4 cm³/mol. The van der Waals surface area contributed by atoms with Crippen LogP contribution in [0.25, 0.3) is 0 Å². The van der Waals surface area contributed by atoms with E-state index < -0.39 is 10.0 Å². The molecule has 1 heterocycles. The molecule has 2 aromatic rings. The summed E-state index contributed by atoms with van der Waals surface area (Å²) in [7, 11) is -3.64. The monoisotopic (exact) mass is 312 g/mol. The molecule has 0 aliphatic rings. The van der Waals surface area contributed by atoms with E-state index >= 15 is 0 Å². The van der Waals surface area contributed by atoms with Crippen molar-refractivity contribution in [3.05, 3.63) is 53.1 Å². The minimum atomic E-state index is -3.64. The Morgan fingerprint density at radius 1 is 1.30 bits per heavy atom. The molecule has 6 nitrogen and oxygen atoms in total. The largest absolute Gasteiger partial charge is 0.326 e. The van der Waals surface area contributed by atoms with Crippen LogP contribution in [0.3, 0.4) is 0 Å². The second kappa shape index (κ2) is 6.27. The molecule has 2 rings (SSSR count). The van der Waals surface area contributed by atoms with Gasteiger partial charge in [0.25, 0.3) is 0 Å². The lowest BCUT2D eigenvalue weighted by Gasteiger charge is -2.08. The van der Waals surface area contributed by atoms with E-state index in [9.17, 15) is 8.42 Å². The normalized spacial score (nSPS) is 11.5. The van der Waals surface area contributed by atoms with Crippen LogP contribution in [0.4, 0.5) is 0 Å². The molecular formula is C12H13ClN4O2S. The molecular weight excluding hydrogens is 300 g/mol. The van der Waals surface area contributed by atoms with Crippen molar-refractivity contribution in [3.8, 4) is 0 Å². The van der Waals surface area contributed by atoms with E-state index in [1.807, 2.05) is 0 Å². The second-order valence-electron chi connectivity index (χ2n) is 3.98. The highest BCUT2D eigenvalue weighted by Crippen LogP contribution is 2.20. The van der Waals surface area contributed by atoms with Crippen molar-refractivity contribution >= 4 is 21.6 Å². The third-order valence-electron chi connectivity index (χ3n) is 2.64. The molecule has 8 heteroatoms. The van der Waals surface area contributed by atoms with E-state index in [1.54, 1.807) is 18.3 Å². The van der Waals surface area contributed by atoms with Crippen LogP contribution >= 0.6 is 11.6 Å². The van der Waals surface area contributed by atoms with Gasteiger partial charge in [-0.15, -0.1) is 0 Å². The summed E-state index contributed by atoms with van der Waals surface area (Å²) in [5, 5.41) is 0.331. The van der Waals surface area contributed by atoms with Gasteiger partial charge in [-0.2, -0.15) is 0 Å². The van der Waals surface area contributed by atoms with Gasteiger partial charge in [0.15, 0.2) is 0 Å². The van der Waals surface area contributed by atoms with E-state index in [2.05, 4.69) is 14.7 Å². The molecule has 0 amide bonds. The minimum Gasteiger partial charge on any atom is -0.326 e. The van der Waals surface area contributed by atoms with Gasteiger partial charge in [-0.25, -0.2) is 23.1 Å². The molecule has 20 heavy (non-hydrogen) atoms. The molecule has 3 N–H and O–H groups in total. The Labute approximate surface area is 122 Å². The van der Waals surface area contributed by atoms with Crippen LogP contribution in [0.5, 0.6) is 0 Å². The van der Waals surface area contributed by atoms with Crippen LogP contribution in [0.2, 0.25) is 5.02 Å². The van der Waals surface area contributed by atoms with Gasteiger partial charge < -0.3 is 5.73 Å². The lowest BCUT2D eigenvalue weighted by atomic mass is 10.2. The summed E-state index contributed by atoms with van der Waals surface area (Å²) in [6.07, 6.45) is 2.90. The highest BCUT2D eigenvalue weighted by Gasteiger charge is 2.15. The number of halogens is 1. The Morgan fingerprint density at radius 3 is 2.70 bits per heavy atom. The van der Waals surface area contributed by atoms with E-state index in [-0.39, 0.29) is 18.0 Å². The van der Waals surface area contributed by atoms with Crippen LogP contribution in [0, 0.1) is 0 Å². The average molecular weight is 313 g/mol. The molecule has 0 aliphatic heterocycles. The SMILES string of the molecule is NCc1ccc(S(=O)(=O)NCc2ccncn2)cc1Cl. The Morgan fingerprint density at radius 2 is 2.10 bits per heavy atom. The van der Waals surface area contributed by atoms with Gasteiger partial charge in [0.2, 0.25) is 10.0 Å². The highest BCUT2D eigenvalue weighted by molar-refractivity contribution is 7.89. The van der Waals surface area contributed by atoms with Crippen molar-refractivity contribution in [2.45, 2.75) is 18.0 Å². The third kappa shape index (κ3) is 3.51. The molecule has 106 valence electrons. The summed E-state index contributed by atoms with van der Waals surface area (Å²) in [6.45, 7) is 0.342. The van der Waals surface area contributed by atoms with E-state index in [0.717, 1.165) is 0 Å². The van der Waals surface area contributed by atoms with Crippen molar-refractivity contribution in [2.75, 3.05) is 0 Å². The zero-order chi connectivity index (χ0) is 14.6. The van der Waals surface area contributed by atoms with Crippen molar-refractivity contribution in [2.24, 2.45) is 5.73 Å². The maximum atomic E-state index is 12.1. The van der Waals surface area contributed by atoms with E-state index in [4.69, 9.17) is 17.3 Å². The van der Waals surface area contributed by atoms with Gasteiger partial charge >= 0.3 is 0 Å². The maximum Gasteiger partial charge on any atom is 0.240 e. The number of rotatable bonds is 5. The van der Waals surface area contributed by atoms with Crippen molar-refractivity contribution in [1.82, 2.24) is 14.7 Å². The zero-order valence-electron chi connectivity index (χ0n) is 10.5. The van der Waals surface area contributed by atoms with Gasteiger partial charge in [-0.1, -0.05) is 17.7 Å². The first-order valence-electron chi connectivity index (χ1n) is 5.76. The van der Waals surface area contributed by atoms with Crippen molar-refractivity contribution < 1.29 is 8.42 Å². The Hall–Kier alpha value is -1.54. The lowest BCUT2D eigenvalue weighted by molar-refractivity contribution is 0.580. The number of sulfonamides is 1. The van der Waals surface area contributed by atoms with Crippen LogP contribution in [0.15, 0.2) is 41.7 Å². The van der Waals surface area contributed by atoms with E-state index in [1.165, 1.54) is 18.5 Å². The van der Waals surface area contributed by atoms with Crippen LogP contribution < -0.4 is 10.5 Å². The fourth-order valence-corrected chi connectivity index (χ4v) is 2.88. The van der Waals surface area contributed by atoms with Crippen LogP contribution in [-0.4, -0.2) is 18.4 Å². The fraction of sp³-hybridized carbons (Fsp3) is 0.167. The Bertz CT molecular complexity index is 692. The Kier molecular flexibility index (Phi) is 4.66. The quantitative estimate of drug-likeness (QED) is 0.860. The van der Waals surface area contributed by atoms with Crippen molar-refractivity contribution in [1.29, 1.82) is 0 Å². The fourth-order valence-electron chi connectivity index (χ4n) is 1.54. The molecule has 0 fully saturated rings. The number of nitrogens with zero attached hydrogens (tertiary/aromatic N) is 2. The van der Waals surface area contributed by atoms with Gasteiger partial charge in [-0.3, -0.25) is 0 Å². The average Bonchev–Trinajstić information content (AvgIpc) is 2.46. The summed E-state index contributed by atoms with van der Waals surface area (Å²) < 4.78 is 26.7. The number of benzene rings is 1. The summed E-state index contributed by atoms with van der Waals surface area (Å²) in [5.74, 6) is 0. The molecule has 1 aromatic carbocycles. The molecule has 0 spiro atoms. The van der Waals surface area contributed by atoms with E-state index in [0.29, 0.717) is 16.3 Å². The summed E-state index contributed by atoms with van der Waals surface area (Å²) >= 11 is 5.96. The smallest absolute Gasteiger partial charge is 0.240 e. The molecule has 1 aromatic heterocycles. The minimum absolute atomic E-state index is 0.0844. The topological polar surface area (TPSA) is 98.0 Å². The molecule has 0 atom stereocenters. The summed E-state index contributed by atoms with van der Waals surface area (Å²) in [6, 6.07) is 6.08. The van der Waals surface area contributed by atoms with Crippen LogP contribution in [-0.2, 0) is 23.1 Å². The predicted octanol–water partition coefficient (Wildman–Crippen LogP) is 1.07. The van der Waals surface area contributed by atoms with Crippen LogP contribution in [0.1, 0.15) is 11.3 Å². The number of nitrogens with one attached hydrogen (secondary N) is 1. The number of nitrogens with two attached hydrogens (primary N) is 1. The molecule has 0 aliphatic carbocycles. The number of aromatic nitrogens is 2. The molecule has 0 radical (unpaired) electrons. The first-order valence-corrected chi connectivity index (χ1v) is 7.62. The van der Waals surface area contributed by atoms with Gasteiger partial charge in [0, 0.05) is 17.8 Å². The Balaban J connectivity index is 2.16. The lowest BCUT2D eigenvalue weighted by Crippen LogP contribution is -2.23. The highest BCUT2D eigenvalue weighted by atomic mass is 35.5. The third-order valence-corrected chi connectivity index (χ3v) is 4.39. The molecule has 0 bridgehead atoms. The van der Waals surface area contributed by atoms with Gasteiger partial charge in [0.05, 0.1) is 17.1 Å². The molecule has 0 saturated carbocycles. The van der Waals surface area contributed by atoms with Gasteiger partial charge in [0.1, 0.15) is 6.33 Å². The molecule has 0 unspecified atom stereocenters. The molecule has 0 saturated heterocycles. The number of hydrogen-bond acceptors (Lipinski definition) is 5.